The van der Waals surface area contributed by atoms with E-state index in [1.54, 1.807) is 19.6 Å². The van der Waals surface area contributed by atoms with Crippen LogP contribution in [0.2, 0.25) is 0 Å². The molecule has 0 aromatic carbocycles. The summed E-state index contributed by atoms with van der Waals surface area (Å²) in [5.74, 6) is -0.759. The van der Waals surface area contributed by atoms with E-state index >= 15 is 0 Å². The van der Waals surface area contributed by atoms with Crippen LogP contribution in [0.4, 0.5) is 0 Å². The number of imidazole rings is 1. The van der Waals surface area contributed by atoms with Crippen LogP contribution in [0.5, 0.6) is 0 Å². The Balaban J connectivity index is 1.96. The van der Waals surface area contributed by atoms with Gasteiger partial charge in [0.25, 0.3) is 0 Å². The summed E-state index contributed by atoms with van der Waals surface area (Å²) in [7, 11) is 1.69. The molecule has 1 aliphatic rings. The standard InChI is InChI=1S/C11H17N3O3/c1-17-10-7-13(4-2-11(15)16)6-9(10)14-5-3-12-8-14/h3,5,8-10H,2,4,6-7H2,1H3,(H,15,16). The number of carboxylic acids is 1. The van der Waals surface area contributed by atoms with Crippen molar-refractivity contribution >= 4 is 5.97 Å². The molecule has 6 heteroatoms. The highest BCUT2D eigenvalue weighted by atomic mass is 16.5. The molecule has 0 aliphatic carbocycles. The molecule has 1 aliphatic heterocycles. The topological polar surface area (TPSA) is 67.6 Å². The fourth-order valence-electron chi connectivity index (χ4n) is 2.25. The second-order valence-electron chi connectivity index (χ2n) is 4.25. The highest BCUT2D eigenvalue weighted by Crippen LogP contribution is 2.24. The van der Waals surface area contributed by atoms with Crippen LogP contribution in [0.15, 0.2) is 18.7 Å². The van der Waals surface area contributed by atoms with Gasteiger partial charge in [-0.05, 0) is 0 Å². The molecule has 1 N–H and O–H groups in total. The Morgan fingerprint density at radius 1 is 1.59 bits per heavy atom. The van der Waals surface area contributed by atoms with Gasteiger partial charge in [-0.25, -0.2) is 4.98 Å². The van der Waals surface area contributed by atoms with E-state index in [0.717, 1.165) is 13.1 Å². The number of aliphatic carboxylic acids is 1. The Labute approximate surface area is 99.8 Å². The molecule has 1 saturated heterocycles. The lowest BCUT2D eigenvalue weighted by Gasteiger charge is -2.17. The van der Waals surface area contributed by atoms with Crippen LogP contribution in [-0.2, 0) is 9.53 Å². The number of aromatic nitrogens is 2. The first-order chi connectivity index (χ1) is 8.20. The zero-order chi connectivity index (χ0) is 12.3. The van der Waals surface area contributed by atoms with E-state index < -0.39 is 5.97 Å². The highest BCUT2D eigenvalue weighted by molar-refractivity contribution is 5.66. The third-order valence-electron chi connectivity index (χ3n) is 3.17. The Morgan fingerprint density at radius 3 is 3.00 bits per heavy atom. The predicted octanol–water partition coefficient (Wildman–Crippen LogP) is 0.230. The predicted molar refractivity (Wildman–Crippen MR) is 60.8 cm³/mol. The van der Waals surface area contributed by atoms with E-state index in [0.29, 0.717) is 6.54 Å². The SMILES string of the molecule is COC1CN(CCC(=O)O)CC1n1ccnc1. The average Bonchev–Trinajstić information content (AvgIpc) is 2.94. The normalized spacial score (nSPS) is 25.2. The maximum Gasteiger partial charge on any atom is 0.304 e. The van der Waals surface area contributed by atoms with Gasteiger partial charge in [0.15, 0.2) is 0 Å². The maximum absolute atomic E-state index is 10.5. The van der Waals surface area contributed by atoms with Crippen LogP contribution in [0.1, 0.15) is 12.5 Å². The van der Waals surface area contributed by atoms with Gasteiger partial charge in [-0.2, -0.15) is 0 Å². The molecule has 2 unspecified atom stereocenters. The molecule has 1 aromatic rings. The number of hydrogen-bond acceptors (Lipinski definition) is 4. The van der Waals surface area contributed by atoms with E-state index in [-0.39, 0.29) is 18.6 Å². The first kappa shape index (κ1) is 12.1. The summed E-state index contributed by atoms with van der Waals surface area (Å²) in [6.07, 6.45) is 5.70. The zero-order valence-corrected chi connectivity index (χ0v) is 9.82. The minimum absolute atomic E-state index is 0.0954. The number of methoxy groups -OCH3 is 1. The van der Waals surface area contributed by atoms with E-state index in [4.69, 9.17) is 9.84 Å². The van der Waals surface area contributed by atoms with Crippen molar-refractivity contribution < 1.29 is 14.6 Å². The molecule has 1 aromatic heterocycles. The number of rotatable bonds is 5. The number of carbonyl (C=O) groups is 1. The number of nitrogens with zero attached hydrogens (tertiary/aromatic N) is 3. The van der Waals surface area contributed by atoms with E-state index in [2.05, 4.69) is 9.88 Å². The molecular weight excluding hydrogens is 222 g/mol. The second kappa shape index (κ2) is 5.29. The van der Waals surface area contributed by atoms with Gasteiger partial charge in [0.2, 0.25) is 0 Å². The van der Waals surface area contributed by atoms with Crippen LogP contribution in [0, 0.1) is 0 Å². The maximum atomic E-state index is 10.5. The van der Waals surface area contributed by atoms with Gasteiger partial charge in [-0.15, -0.1) is 0 Å². The molecule has 0 spiro atoms. The molecule has 1 fully saturated rings. The van der Waals surface area contributed by atoms with Crippen molar-refractivity contribution in [3.8, 4) is 0 Å². The lowest BCUT2D eigenvalue weighted by Crippen LogP contribution is -2.25. The summed E-state index contributed by atoms with van der Waals surface area (Å²) >= 11 is 0. The summed E-state index contributed by atoms with van der Waals surface area (Å²) in [5.41, 5.74) is 0. The number of carboxylic acid groups (broad SMARTS) is 1. The first-order valence-electron chi connectivity index (χ1n) is 5.65. The van der Waals surface area contributed by atoms with Crippen LogP contribution >= 0.6 is 0 Å². The Bertz CT molecular complexity index is 366. The molecule has 6 nitrogen and oxygen atoms in total. The third kappa shape index (κ3) is 2.83. The van der Waals surface area contributed by atoms with Crippen molar-refractivity contribution in [2.45, 2.75) is 18.6 Å². The zero-order valence-electron chi connectivity index (χ0n) is 9.82. The Kier molecular flexibility index (Phi) is 3.75. The van der Waals surface area contributed by atoms with Gasteiger partial charge < -0.3 is 14.4 Å². The lowest BCUT2D eigenvalue weighted by molar-refractivity contribution is -0.137. The van der Waals surface area contributed by atoms with Crippen molar-refractivity contribution in [2.75, 3.05) is 26.7 Å². The van der Waals surface area contributed by atoms with Crippen molar-refractivity contribution in [3.63, 3.8) is 0 Å². The highest BCUT2D eigenvalue weighted by Gasteiger charge is 2.33. The summed E-state index contributed by atoms with van der Waals surface area (Å²) < 4.78 is 7.47. The Morgan fingerprint density at radius 2 is 2.41 bits per heavy atom. The fraction of sp³-hybridized carbons (Fsp3) is 0.636. The summed E-state index contributed by atoms with van der Waals surface area (Å²) in [5, 5.41) is 8.67. The molecule has 0 saturated carbocycles. The van der Waals surface area contributed by atoms with E-state index in [1.165, 1.54) is 0 Å². The molecule has 17 heavy (non-hydrogen) atoms. The first-order valence-corrected chi connectivity index (χ1v) is 5.65. The van der Waals surface area contributed by atoms with Crippen molar-refractivity contribution in [1.82, 2.24) is 14.5 Å². The molecule has 2 atom stereocenters. The molecule has 94 valence electrons. The van der Waals surface area contributed by atoms with Crippen LogP contribution < -0.4 is 0 Å². The average molecular weight is 239 g/mol. The van der Waals surface area contributed by atoms with Gasteiger partial charge in [0.05, 0.1) is 24.9 Å². The van der Waals surface area contributed by atoms with Gasteiger partial charge in [0, 0.05) is 39.1 Å². The van der Waals surface area contributed by atoms with Gasteiger partial charge in [0.1, 0.15) is 0 Å². The Hall–Kier alpha value is -1.40. The quantitative estimate of drug-likeness (QED) is 0.796. The summed E-state index contributed by atoms with van der Waals surface area (Å²) in [4.78, 5) is 16.7. The van der Waals surface area contributed by atoms with Gasteiger partial charge >= 0.3 is 5.97 Å². The third-order valence-corrected chi connectivity index (χ3v) is 3.17. The second-order valence-corrected chi connectivity index (χ2v) is 4.25. The van der Waals surface area contributed by atoms with Gasteiger partial charge in [-0.3, -0.25) is 9.69 Å². The van der Waals surface area contributed by atoms with Crippen molar-refractivity contribution in [2.24, 2.45) is 0 Å². The molecule has 0 bridgehead atoms. The van der Waals surface area contributed by atoms with Crippen molar-refractivity contribution in [1.29, 1.82) is 0 Å². The lowest BCUT2D eigenvalue weighted by atomic mass is 10.2. The molecule has 0 radical (unpaired) electrons. The number of hydrogen-bond donors (Lipinski definition) is 1. The minimum Gasteiger partial charge on any atom is -0.481 e. The monoisotopic (exact) mass is 239 g/mol. The summed E-state index contributed by atoms with van der Waals surface area (Å²) in [6, 6.07) is 0.219. The largest absolute Gasteiger partial charge is 0.481 e. The summed E-state index contributed by atoms with van der Waals surface area (Å²) in [6.45, 7) is 2.15. The van der Waals surface area contributed by atoms with Crippen LogP contribution in [0.3, 0.4) is 0 Å². The number of likely N-dealkylation sites (tertiary alicyclic amines) is 1. The van der Waals surface area contributed by atoms with Crippen molar-refractivity contribution in [3.05, 3.63) is 18.7 Å². The van der Waals surface area contributed by atoms with Crippen LogP contribution in [-0.4, -0.2) is 58.4 Å². The van der Waals surface area contributed by atoms with Gasteiger partial charge in [-0.1, -0.05) is 0 Å². The van der Waals surface area contributed by atoms with E-state index in [9.17, 15) is 4.79 Å². The number of ether oxygens (including phenoxy) is 1. The smallest absolute Gasteiger partial charge is 0.304 e. The van der Waals surface area contributed by atoms with Crippen LogP contribution in [0.25, 0.3) is 0 Å². The fourth-order valence-corrected chi connectivity index (χ4v) is 2.25. The van der Waals surface area contributed by atoms with E-state index in [1.807, 2.05) is 10.8 Å². The minimum atomic E-state index is -0.759. The molecule has 2 rings (SSSR count). The molecule has 0 amide bonds. The molecular formula is C11H17N3O3. The molecule has 2 heterocycles.